The van der Waals surface area contributed by atoms with E-state index in [4.69, 9.17) is 14.2 Å². The molecule has 4 rings (SSSR count). The summed E-state index contributed by atoms with van der Waals surface area (Å²) in [4.78, 5) is 28.9. The van der Waals surface area contributed by atoms with E-state index in [9.17, 15) is 9.59 Å². The van der Waals surface area contributed by atoms with Gasteiger partial charge in [0.05, 0.1) is 0 Å². The van der Waals surface area contributed by atoms with Crippen LogP contribution in [0.3, 0.4) is 0 Å². The summed E-state index contributed by atoms with van der Waals surface area (Å²) in [5.41, 5.74) is 3.38. The van der Waals surface area contributed by atoms with Crippen LogP contribution >= 0.6 is 11.3 Å². The number of rotatable bonds is 6. The van der Waals surface area contributed by atoms with Gasteiger partial charge in [-0.15, -0.1) is 11.3 Å². The van der Waals surface area contributed by atoms with E-state index in [0.717, 1.165) is 22.1 Å². The number of aromatic nitrogens is 2. The zero-order valence-electron chi connectivity index (χ0n) is 17.2. The average molecular weight is 439 g/mol. The van der Waals surface area contributed by atoms with Crippen LogP contribution in [0.2, 0.25) is 0 Å². The fourth-order valence-electron chi connectivity index (χ4n) is 3.22. The number of nitrogens with one attached hydrogen (secondary N) is 1. The summed E-state index contributed by atoms with van der Waals surface area (Å²) in [5, 5.41) is 5.48. The van der Waals surface area contributed by atoms with Crippen molar-refractivity contribution in [3.8, 4) is 16.6 Å². The number of benzene rings is 1. The van der Waals surface area contributed by atoms with Gasteiger partial charge in [0.1, 0.15) is 0 Å². The molecule has 0 radical (unpaired) electrons. The number of carbonyl (C=O) groups is 2. The number of anilines is 1. The van der Waals surface area contributed by atoms with Crippen molar-refractivity contribution >= 4 is 35.0 Å². The van der Waals surface area contributed by atoms with Crippen molar-refractivity contribution in [2.45, 2.75) is 26.9 Å². The molecule has 31 heavy (non-hydrogen) atoms. The third-order valence-electron chi connectivity index (χ3n) is 4.78. The normalized spacial score (nSPS) is 13.4. The van der Waals surface area contributed by atoms with Crippen LogP contribution in [0.1, 0.15) is 23.9 Å². The zero-order chi connectivity index (χ0) is 22.0. The van der Waals surface area contributed by atoms with Crippen molar-refractivity contribution in [3.63, 3.8) is 0 Å². The highest BCUT2D eigenvalue weighted by molar-refractivity contribution is 7.12. The van der Waals surface area contributed by atoms with Crippen LogP contribution in [-0.2, 0) is 14.3 Å². The quantitative estimate of drug-likeness (QED) is 0.463. The van der Waals surface area contributed by atoms with Gasteiger partial charge in [-0.1, -0.05) is 0 Å². The van der Waals surface area contributed by atoms with Crippen LogP contribution < -0.4 is 14.8 Å². The summed E-state index contributed by atoms with van der Waals surface area (Å²) < 4.78 is 17.8. The van der Waals surface area contributed by atoms with Crippen LogP contribution in [0.4, 0.5) is 5.69 Å². The molecule has 0 spiro atoms. The Hall–Kier alpha value is -3.59. The molecule has 1 aliphatic rings. The van der Waals surface area contributed by atoms with Crippen molar-refractivity contribution in [3.05, 3.63) is 58.9 Å². The molecule has 0 saturated heterocycles. The molecule has 0 fully saturated rings. The first-order valence-electron chi connectivity index (χ1n) is 9.60. The number of fused-ring (bicyclic) bond motifs is 1. The fourth-order valence-corrected chi connectivity index (χ4v) is 3.97. The van der Waals surface area contributed by atoms with Gasteiger partial charge in [0, 0.05) is 40.8 Å². The van der Waals surface area contributed by atoms with E-state index >= 15 is 0 Å². The molecule has 1 unspecified atom stereocenters. The van der Waals surface area contributed by atoms with Crippen molar-refractivity contribution in [2.24, 2.45) is 0 Å². The molecule has 1 aliphatic heterocycles. The number of hydrogen-bond donors (Lipinski definition) is 1. The second kappa shape index (κ2) is 8.65. The molecule has 1 aromatic carbocycles. The number of amides is 1. The second-order valence-electron chi connectivity index (χ2n) is 6.95. The van der Waals surface area contributed by atoms with Crippen LogP contribution in [0.5, 0.6) is 11.5 Å². The molecule has 0 bridgehead atoms. The van der Waals surface area contributed by atoms with Crippen molar-refractivity contribution < 1.29 is 23.8 Å². The van der Waals surface area contributed by atoms with E-state index in [-0.39, 0.29) is 6.79 Å². The first-order valence-corrected chi connectivity index (χ1v) is 10.5. The maximum atomic E-state index is 12.4. The summed E-state index contributed by atoms with van der Waals surface area (Å²) in [7, 11) is 0. The lowest BCUT2D eigenvalue weighted by Gasteiger charge is -2.12. The fraction of sp³-hybridized carbons (Fsp3) is 0.227. The Balaban J connectivity index is 1.36. The van der Waals surface area contributed by atoms with E-state index in [2.05, 4.69) is 10.3 Å². The van der Waals surface area contributed by atoms with Gasteiger partial charge in [-0.3, -0.25) is 9.36 Å². The monoisotopic (exact) mass is 439 g/mol. The summed E-state index contributed by atoms with van der Waals surface area (Å²) in [6, 6.07) is 7.03. The first kappa shape index (κ1) is 20.7. The van der Waals surface area contributed by atoms with Crippen LogP contribution in [0.15, 0.2) is 41.9 Å². The third-order valence-corrected chi connectivity index (χ3v) is 5.54. The molecule has 0 saturated carbocycles. The Morgan fingerprint density at radius 3 is 2.84 bits per heavy atom. The molecular formula is C22H21N3O5S. The Morgan fingerprint density at radius 1 is 1.26 bits per heavy atom. The van der Waals surface area contributed by atoms with E-state index < -0.39 is 18.0 Å². The molecule has 1 N–H and O–H groups in total. The highest BCUT2D eigenvalue weighted by atomic mass is 32.1. The number of aryl methyl sites for hydroxylation is 1. The van der Waals surface area contributed by atoms with Gasteiger partial charge in [0.15, 0.2) is 22.7 Å². The van der Waals surface area contributed by atoms with Crippen molar-refractivity contribution in [2.75, 3.05) is 12.1 Å². The minimum Gasteiger partial charge on any atom is -0.454 e. The lowest BCUT2D eigenvalue weighted by Crippen LogP contribution is -2.29. The van der Waals surface area contributed by atoms with Gasteiger partial charge in [0.25, 0.3) is 5.91 Å². The van der Waals surface area contributed by atoms with Gasteiger partial charge in [0.2, 0.25) is 6.79 Å². The molecule has 2 aromatic heterocycles. The molecule has 3 aromatic rings. The van der Waals surface area contributed by atoms with Crippen LogP contribution in [0, 0.1) is 13.8 Å². The second-order valence-corrected chi connectivity index (χ2v) is 7.82. The van der Waals surface area contributed by atoms with E-state index in [1.165, 1.54) is 24.3 Å². The van der Waals surface area contributed by atoms with Crippen LogP contribution in [0.25, 0.3) is 11.2 Å². The highest BCUT2D eigenvalue weighted by Gasteiger charge is 2.19. The molecule has 1 amide bonds. The van der Waals surface area contributed by atoms with Gasteiger partial charge in [-0.25, -0.2) is 9.78 Å². The highest BCUT2D eigenvalue weighted by Crippen LogP contribution is 2.34. The molecule has 160 valence electrons. The number of hydrogen-bond acceptors (Lipinski definition) is 7. The largest absolute Gasteiger partial charge is 0.454 e. The Bertz CT molecular complexity index is 1150. The molecule has 8 nitrogen and oxygen atoms in total. The smallest absolute Gasteiger partial charge is 0.331 e. The molecule has 0 aliphatic carbocycles. The first-order chi connectivity index (χ1) is 14.9. The Labute approximate surface area is 183 Å². The van der Waals surface area contributed by atoms with Gasteiger partial charge in [-0.05, 0) is 50.6 Å². The zero-order valence-corrected chi connectivity index (χ0v) is 18.1. The van der Waals surface area contributed by atoms with Gasteiger partial charge in [-0.2, -0.15) is 0 Å². The number of nitrogens with zero attached hydrogens (tertiary/aromatic N) is 2. The maximum Gasteiger partial charge on any atom is 0.331 e. The SMILES string of the molecule is Cc1cc(/C=C/C(=O)OC(C)C(=O)Nc2ccc3c(c2)OCO3)c(C)n1-c1nccs1. The maximum absolute atomic E-state index is 12.4. The predicted molar refractivity (Wildman–Crippen MR) is 117 cm³/mol. The lowest BCUT2D eigenvalue weighted by molar-refractivity contribution is -0.148. The number of ether oxygens (including phenoxy) is 3. The minimum atomic E-state index is -0.967. The molecule has 3 heterocycles. The van der Waals surface area contributed by atoms with Crippen LogP contribution in [-0.4, -0.2) is 34.3 Å². The summed E-state index contributed by atoms with van der Waals surface area (Å²) in [5.74, 6) is 0.132. The summed E-state index contributed by atoms with van der Waals surface area (Å²) in [6.07, 6.45) is 3.78. The Morgan fingerprint density at radius 2 is 2.06 bits per heavy atom. The van der Waals surface area contributed by atoms with Crippen molar-refractivity contribution in [1.82, 2.24) is 9.55 Å². The molecule has 9 heteroatoms. The molecular weight excluding hydrogens is 418 g/mol. The number of esters is 1. The summed E-state index contributed by atoms with van der Waals surface area (Å²) in [6.45, 7) is 5.61. The lowest BCUT2D eigenvalue weighted by atomic mass is 10.2. The standard InChI is InChI=1S/C22H21N3O5S/c1-13-10-16(14(2)25(13)22-23-8-9-31-22)4-7-20(26)30-15(3)21(27)24-17-5-6-18-19(11-17)29-12-28-18/h4-11,15H,12H2,1-3H3,(H,24,27)/b7-4+. The van der Waals surface area contributed by atoms with E-state index in [1.807, 2.05) is 29.9 Å². The Kier molecular flexibility index (Phi) is 5.77. The van der Waals surface area contributed by atoms with E-state index in [1.54, 1.807) is 30.5 Å². The number of thiazole rings is 1. The van der Waals surface area contributed by atoms with Crippen molar-refractivity contribution in [1.29, 1.82) is 0 Å². The third kappa shape index (κ3) is 4.46. The summed E-state index contributed by atoms with van der Waals surface area (Å²) >= 11 is 1.54. The topological polar surface area (TPSA) is 91.7 Å². The molecule has 1 atom stereocenters. The van der Waals surface area contributed by atoms with Gasteiger partial charge < -0.3 is 19.5 Å². The number of carbonyl (C=O) groups excluding carboxylic acids is 2. The van der Waals surface area contributed by atoms with E-state index in [0.29, 0.717) is 17.2 Å². The average Bonchev–Trinajstić information content (AvgIpc) is 3.47. The van der Waals surface area contributed by atoms with Gasteiger partial charge >= 0.3 is 5.97 Å². The minimum absolute atomic E-state index is 0.152. The predicted octanol–water partition coefficient (Wildman–Crippen LogP) is 3.86.